The summed E-state index contributed by atoms with van der Waals surface area (Å²) in [7, 11) is 0. The van der Waals surface area contributed by atoms with E-state index in [-0.39, 0.29) is 22.5 Å². The molecule has 1 spiro atoms. The Balaban J connectivity index is 1.54. The fourth-order valence-corrected chi connectivity index (χ4v) is 6.47. The van der Waals surface area contributed by atoms with Crippen LogP contribution < -0.4 is 5.32 Å². The minimum absolute atomic E-state index is 0.00137. The van der Waals surface area contributed by atoms with E-state index in [0.29, 0.717) is 0 Å². The van der Waals surface area contributed by atoms with Gasteiger partial charge < -0.3 is 5.32 Å². The molecule has 4 rings (SSSR count). The van der Waals surface area contributed by atoms with Gasteiger partial charge >= 0.3 is 0 Å². The maximum absolute atomic E-state index is 13.1. The van der Waals surface area contributed by atoms with Crippen molar-refractivity contribution in [2.75, 3.05) is 5.75 Å². The van der Waals surface area contributed by atoms with Crippen molar-refractivity contribution < 1.29 is 4.79 Å². The molecule has 0 aromatic heterocycles. The average molecular weight is 340 g/mol. The monoisotopic (exact) mass is 340 g/mol. The Hall–Kier alpha value is -1.47. The number of terminal acetylenes is 1. The van der Waals surface area contributed by atoms with Gasteiger partial charge in [-0.1, -0.05) is 43.4 Å². The van der Waals surface area contributed by atoms with Crippen LogP contribution in [0.2, 0.25) is 0 Å². The predicted molar refractivity (Wildman–Crippen MR) is 99.9 cm³/mol. The zero-order valence-corrected chi connectivity index (χ0v) is 14.8. The largest absolute Gasteiger partial charge is 0.340 e. The fourth-order valence-electron chi connectivity index (χ4n) is 4.68. The Morgan fingerprint density at radius 2 is 2.17 bits per heavy atom. The minimum Gasteiger partial charge on any atom is -0.340 e. The summed E-state index contributed by atoms with van der Waals surface area (Å²) in [6, 6.07) is 0. The van der Waals surface area contributed by atoms with Crippen molar-refractivity contribution in [2.24, 2.45) is 16.8 Å². The number of amides is 1. The van der Waals surface area contributed by atoms with E-state index in [1.54, 1.807) is 0 Å². The molecule has 0 radical (unpaired) electrons. The van der Waals surface area contributed by atoms with Gasteiger partial charge in [-0.2, -0.15) is 0 Å². The SMILES string of the molecule is C#CC1(NC(=O)C2CSC34CC=CCC3=NC=CC24)CCCCC1. The molecule has 2 heterocycles. The molecule has 2 fully saturated rings. The lowest BCUT2D eigenvalue weighted by molar-refractivity contribution is -0.127. The van der Waals surface area contributed by atoms with Gasteiger partial charge in [-0.05, 0) is 19.3 Å². The van der Waals surface area contributed by atoms with Gasteiger partial charge in [0.05, 0.1) is 10.7 Å². The number of rotatable bonds is 2. The van der Waals surface area contributed by atoms with Gasteiger partial charge in [0.2, 0.25) is 5.91 Å². The lowest BCUT2D eigenvalue weighted by Gasteiger charge is -2.39. The highest BCUT2D eigenvalue weighted by atomic mass is 32.2. The van der Waals surface area contributed by atoms with Crippen molar-refractivity contribution in [1.29, 1.82) is 0 Å². The van der Waals surface area contributed by atoms with Crippen LogP contribution in [0.3, 0.4) is 0 Å². The van der Waals surface area contributed by atoms with Crippen LogP contribution >= 0.6 is 11.8 Å². The molecule has 3 atom stereocenters. The highest BCUT2D eigenvalue weighted by Crippen LogP contribution is 2.53. The van der Waals surface area contributed by atoms with Crippen molar-refractivity contribution >= 4 is 23.4 Å². The summed E-state index contributed by atoms with van der Waals surface area (Å²) in [5.41, 5.74) is 0.819. The van der Waals surface area contributed by atoms with Gasteiger partial charge in [0.15, 0.2) is 0 Å². The molecule has 1 saturated carbocycles. The van der Waals surface area contributed by atoms with Gasteiger partial charge in [-0.15, -0.1) is 18.2 Å². The van der Waals surface area contributed by atoms with E-state index in [2.05, 4.69) is 34.5 Å². The van der Waals surface area contributed by atoms with Crippen LogP contribution in [-0.4, -0.2) is 27.7 Å². The first-order valence-corrected chi connectivity index (χ1v) is 10.0. The maximum atomic E-state index is 13.1. The number of allylic oxidation sites excluding steroid dienone is 3. The van der Waals surface area contributed by atoms with E-state index in [4.69, 9.17) is 6.42 Å². The van der Waals surface area contributed by atoms with E-state index in [1.165, 1.54) is 12.1 Å². The molecule has 1 N–H and O–H groups in total. The second-order valence-corrected chi connectivity index (χ2v) is 8.76. The van der Waals surface area contributed by atoms with E-state index >= 15 is 0 Å². The highest BCUT2D eigenvalue weighted by molar-refractivity contribution is 8.01. The molecular formula is C20H24N2OS. The third kappa shape index (κ3) is 2.45. The topological polar surface area (TPSA) is 41.5 Å². The Bertz CT molecular complexity index is 666. The average Bonchev–Trinajstić information content (AvgIpc) is 3.00. The van der Waals surface area contributed by atoms with Crippen molar-refractivity contribution in [1.82, 2.24) is 5.32 Å². The first kappa shape index (κ1) is 16.0. The van der Waals surface area contributed by atoms with Crippen molar-refractivity contribution in [3.63, 3.8) is 0 Å². The molecule has 1 saturated heterocycles. The molecule has 1 amide bonds. The molecule has 2 aliphatic carbocycles. The molecule has 3 nitrogen and oxygen atoms in total. The van der Waals surface area contributed by atoms with Crippen LogP contribution in [-0.2, 0) is 4.79 Å². The zero-order valence-electron chi connectivity index (χ0n) is 14.0. The fraction of sp³-hybridized carbons (Fsp3) is 0.600. The van der Waals surface area contributed by atoms with E-state index in [9.17, 15) is 4.79 Å². The number of hydrogen-bond acceptors (Lipinski definition) is 3. The normalized spacial score (nSPS) is 36.2. The molecular weight excluding hydrogens is 316 g/mol. The van der Waals surface area contributed by atoms with Crippen molar-refractivity contribution in [3.05, 3.63) is 24.4 Å². The van der Waals surface area contributed by atoms with Gasteiger partial charge in [0.1, 0.15) is 5.54 Å². The van der Waals surface area contributed by atoms with Crippen molar-refractivity contribution in [2.45, 2.75) is 55.2 Å². The van der Waals surface area contributed by atoms with Crippen LogP contribution in [0.5, 0.6) is 0 Å². The summed E-state index contributed by atoms with van der Waals surface area (Å²) in [5, 5.41) is 3.27. The number of carbonyl (C=O) groups excluding carboxylic acids is 1. The summed E-state index contributed by atoms with van der Waals surface area (Å²) in [6.45, 7) is 0. The Morgan fingerprint density at radius 1 is 1.33 bits per heavy atom. The number of aliphatic imine (C=N–C) groups is 1. The first-order valence-electron chi connectivity index (χ1n) is 9.02. The lowest BCUT2D eigenvalue weighted by Crippen LogP contribution is -2.53. The highest BCUT2D eigenvalue weighted by Gasteiger charge is 2.54. The molecule has 3 unspecified atom stereocenters. The van der Waals surface area contributed by atoms with Crippen LogP contribution in [0.1, 0.15) is 44.9 Å². The Kier molecular flexibility index (Phi) is 4.08. The van der Waals surface area contributed by atoms with Crippen LogP contribution in [0.4, 0.5) is 0 Å². The molecule has 4 aliphatic rings. The van der Waals surface area contributed by atoms with Gasteiger partial charge in [0.25, 0.3) is 0 Å². The van der Waals surface area contributed by atoms with Crippen LogP contribution in [0, 0.1) is 24.2 Å². The first-order chi connectivity index (χ1) is 11.7. The second kappa shape index (κ2) is 6.11. The van der Waals surface area contributed by atoms with Crippen LogP contribution in [0.25, 0.3) is 0 Å². The quantitative estimate of drug-likeness (QED) is 0.618. The third-order valence-electron chi connectivity index (χ3n) is 6.09. The summed E-state index contributed by atoms with van der Waals surface area (Å²) in [5.74, 6) is 4.14. The maximum Gasteiger partial charge on any atom is 0.225 e. The lowest BCUT2D eigenvalue weighted by atomic mass is 9.73. The molecule has 0 bridgehead atoms. The molecule has 0 aromatic rings. The second-order valence-electron chi connectivity index (χ2n) is 7.41. The molecule has 2 aliphatic heterocycles. The number of carbonyl (C=O) groups is 1. The standard InChI is InChI=1S/C20H24N2OS/c1-2-19(10-5-3-6-11-19)22-18(23)15-14-24-20-12-7-4-8-17(20)21-13-9-16(15)20/h1,4,7,9,13,15-16H,3,5-6,8,10-12,14H2,(H,22,23). The van der Waals surface area contributed by atoms with E-state index < -0.39 is 5.54 Å². The number of hydrogen-bond donors (Lipinski definition) is 1. The Morgan fingerprint density at radius 3 is 2.96 bits per heavy atom. The minimum atomic E-state index is -0.419. The summed E-state index contributed by atoms with van der Waals surface area (Å²) in [4.78, 5) is 17.7. The van der Waals surface area contributed by atoms with Gasteiger partial charge in [-0.25, -0.2) is 0 Å². The summed E-state index contributed by atoms with van der Waals surface area (Å²) >= 11 is 1.92. The number of thioether (sulfide) groups is 1. The van der Waals surface area contributed by atoms with Gasteiger partial charge in [-0.3, -0.25) is 9.79 Å². The number of nitrogens with one attached hydrogen (secondary N) is 1. The summed E-state index contributed by atoms with van der Waals surface area (Å²) in [6.07, 6.45) is 21.5. The molecule has 0 aromatic carbocycles. The summed E-state index contributed by atoms with van der Waals surface area (Å²) < 4.78 is 0.00137. The van der Waals surface area contributed by atoms with E-state index in [1.807, 2.05) is 18.0 Å². The molecule has 126 valence electrons. The predicted octanol–water partition coefficient (Wildman–Crippen LogP) is 3.48. The van der Waals surface area contributed by atoms with E-state index in [0.717, 1.165) is 44.3 Å². The number of nitrogens with zero attached hydrogens (tertiary/aromatic N) is 1. The molecule has 4 heteroatoms. The Labute approximate surface area is 148 Å². The third-order valence-corrected chi connectivity index (χ3v) is 7.80. The zero-order chi connectivity index (χ0) is 16.6. The smallest absolute Gasteiger partial charge is 0.225 e. The van der Waals surface area contributed by atoms with Crippen LogP contribution in [0.15, 0.2) is 29.4 Å². The molecule has 24 heavy (non-hydrogen) atoms. The van der Waals surface area contributed by atoms with Gasteiger partial charge in [0, 0.05) is 30.0 Å². The van der Waals surface area contributed by atoms with Crippen molar-refractivity contribution in [3.8, 4) is 12.3 Å².